The van der Waals surface area contributed by atoms with Crippen molar-refractivity contribution in [2.24, 2.45) is 0 Å². The third-order valence-corrected chi connectivity index (χ3v) is 5.07. The first kappa shape index (κ1) is 21.8. The smallest absolute Gasteiger partial charge is 0.366 e. The molecule has 0 aliphatic heterocycles. The van der Waals surface area contributed by atoms with E-state index in [9.17, 15) is 18.0 Å². The Hall–Kier alpha value is -3.40. The van der Waals surface area contributed by atoms with Crippen LogP contribution in [-0.4, -0.2) is 24.5 Å². The molecule has 0 saturated heterocycles. The summed E-state index contributed by atoms with van der Waals surface area (Å²) in [4.78, 5) is 28.4. The van der Waals surface area contributed by atoms with Crippen LogP contribution in [0.1, 0.15) is 24.5 Å². The van der Waals surface area contributed by atoms with Crippen molar-refractivity contribution in [2.45, 2.75) is 32.6 Å². The number of rotatable bonds is 6. The minimum Gasteiger partial charge on any atom is -0.366 e. The highest BCUT2D eigenvalue weighted by Crippen LogP contribution is 2.29. The Balaban J connectivity index is 1.52. The number of hydrogen-bond donors (Lipinski definition) is 2. The normalized spacial score (nSPS) is 11.8. The molecule has 4 aromatic rings. The fourth-order valence-corrected chi connectivity index (χ4v) is 3.44. The number of hydrogen-bond acceptors (Lipinski definition) is 5. The molecule has 166 valence electrons. The monoisotopic (exact) mass is 462 g/mol. The molecule has 0 unspecified atom stereocenters. The summed E-state index contributed by atoms with van der Waals surface area (Å²) in [6.07, 6.45) is -2.12. The Kier molecular flexibility index (Phi) is 5.88. The standard InChI is InChI=1S/C21H18ClF3N6O/c1-2-8-31-19(32)16-18(30-20(31)22)29-17(28-16)13-6-7-15(27-11-13)26-10-12-4-3-5-14(9-12)21(23,24)25/h3-7,9,11H,2,8,10H2,1H3,(H,26,27)(H,28,29). The second-order valence-electron chi connectivity index (χ2n) is 7.11. The zero-order valence-corrected chi connectivity index (χ0v) is 17.6. The van der Waals surface area contributed by atoms with Gasteiger partial charge in [-0.05, 0) is 47.9 Å². The molecule has 2 N–H and O–H groups in total. The summed E-state index contributed by atoms with van der Waals surface area (Å²) in [6.45, 7) is 2.56. The lowest BCUT2D eigenvalue weighted by molar-refractivity contribution is -0.137. The van der Waals surface area contributed by atoms with Gasteiger partial charge in [-0.25, -0.2) is 9.97 Å². The second-order valence-corrected chi connectivity index (χ2v) is 7.44. The van der Waals surface area contributed by atoms with E-state index in [0.29, 0.717) is 29.3 Å². The topological polar surface area (TPSA) is 88.5 Å². The number of H-pyrrole nitrogens is 1. The lowest BCUT2D eigenvalue weighted by atomic mass is 10.1. The van der Waals surface area contributed by atoms with Gasteiger partial charge in [0.1, 0.15) is 11.6 Å². The average Bonchev–Trinajstić information content (AvgIpc) is 3.19. The van der Waals surface area contributed by atoms with Crippen LogP contribution in [0.2, 0.25) is 5.28 Å². The zero-order chi connectivity index (χ0) is 22.9. The lowest BCUT2D eigenvalue weighted by Crippen LogP contribution is -2.22. The van der Waals surface area contributed by atoms with Crippen molar-refractivity contribution in [1.82, 2.24) is 24.5 Å². The number of nitrogens with zero attached hydrogens (tertiary/aromatic N) is 4. The molecule has 0 fully saturated rings. The van der Waals surface area contributed by atoms with E-state index < -0.39 is 11.7 Å². The SMILES string of the molecule is CCCn1c(Cl)nc2nc(-c3ccc(NCc4cccc(C(F)(F)F)c4)nc3)[nH]c2c1=O. The van der Waals surface area contributed by atoms with Crippen LogP contribution in [0.5, 0.6) is 0 Å². The third kappa shape index (κ3) is 4.45. The van der Waals surface area contributed by atoms with Crippen LogP contribution in [0.25, 0.3) is 22.6 Å². The molecule has 0 aliphatic carbocycles. The fourth-order valence-electron chi connectivity index (χ4n) is 3.20. The van der Waals surface area contributed by atoms with Crippen molar-refractivity contribution in [1.29, 1.82) is 0 Å². The van der Waals surface area contributed by atoms with Crippen molar-refractivity contribution in [3.63, 3.8) is 0 Å². The summed E-state index contributed by atoms with van der Waals surface area (Å²) in [5.41, 5.74) is 0.572. The molecule has 32 heavy (non-hydrogen) atoms. The number of alkyl halides is 3. The molecule has 4 rings (SSSR count). The minimum absolute atomic E-state index is 0.0784. The van der Waals surface area contributed by atoms with Gasteiger partial charge in [-0.1, -0.05) is 19.1 Å². The first-order valence-electron chi connectivity index (χ1n) is 9.78. The number of imidazole rings is 1. The van der Waals surface area contributed by atoms with Gasteiger partial charge in [-0.3, -0.25) is 9.36 Å². The number of pyridine rings is 1. The van der Waals surface area contributed by atoms with Gasteiger partial charge in [-0.2, -0.15) is 18.2 Å². The zero-order valence-electron chi connectivity index (χ0n) is 16.9. The molecule has 0 radical (unpaired) electrons. The summed E-state index contributed by atoms with van der Waals surface area (Å²) in [7, 11) is 0. The first-order valence-corrected chi connectivity index (χ1v) is 10.2. The number of aromatic amines is 1. The Morgan fingerprint density at radius 3 is 2.69 bits per heavy atom. The molecule has 0 bridgehead atoms. The van der Waals surface area contributed by atoms with Crippen LogP contribution < -0.4 is 10.9 Å². The maximum absolute atomic E-state index is 12.8. The Bertz CT molecular complexity index is 1310. The largest absolute Gasteiger partial charge is 0.416 e. The summed E-state index contributed by atoms with van der Waals surface area (Å²) in [5.74, 6) is 0.889. The van der Waals surface area contributed by atoms with E-state index >= 15 is 0 Å². The van der Waals surface area contributed by atoms with E-state index in [4.69, 9.17) is 11.6 Å². The van der Waals surface area contributed by atoms with E-state index in [1.54, 1.807) is 24.4 Å². The van der Waals surface area contributed by atoms with Crippen LogP contribution >= 0.6 is 11.6 Å². The number of fused-ring (bicyclic) bond motifs is 1. The minimum atomic E-state index is -4.39. The Labute approximate surface area is 185 Å². The van der Waals surface area contributed by atoms with Crippen molar-refractivity contribution >= 4 is 28.6 Å². The molecule has 7 nitrogen and oxygen atoms in total. The van der Waals surface area contributed by atoms with Gasteiger partial charge < -0.3 is 10.3 Å². The van der Waals surface area contributed by atoms with Gasteiger partial charge in [0.05, 0.1) is 5.56 Å². The molecule has 1 aromatic carbocycles. The Morgan fingerprint density at radius 1 is 1.19 bits per heavy atom. The summed E-state index contributed by atoms with van der Waals surface area (Å²) in [6, 6.07) is 8.50. The van der Waals surface area contributed by atoms with E-state index in [-0.39, 0.29) is 28.6 Å². The predicted octanol–water partition coefficient (Wildman–Crippen LogP) is 4.88. The first-order chi connectivity index (χ1) is 15.3. The van der Waals surface area contributed by atoms with Gasteiger partial charge in [0.2, 0.25) is 5.28 Å². The van der Waals surface area contributed by atoms with Crippen molar-refractivity contribution < 1.29 is 13.2 Å². The van der Waals surface area contributed by atoms with E-state index in [0.717, 1.165) is 18.6 Å². The highest BCUT2D eigenvalue weighted by molar-refractivity contribution is 6.28. The molecule has 11 heteroatoms. The van der Waals surface area contributed by atoms with Gasteiger partial charge in [0.25, 0.3) is 5.56 Å². The molecule has 0 aliphatic rings. The molecule has 0 saturated carbocycles. The van der Waals surface area contributed by atoms with Gasteiger partial charge in [-0.15, -0.1) is 0 Å². The van der Waals surface area contributed by atoms with E-state index in [2.05, 4.69) is 25.3 Å². The highest BCUT2D eigenvalue weighted by atomic mass is 35.5. The van der Waals surface area contributed by atoms with Crippen LogP contribution in [-0.2, 0) is 19.3 Å². The maximum Gasteiger partial charge on any atom is 0.416 e. The Morgan fingerprint density at radius 2 is 2.00 bits per heavy atom. The fraction of sp³-hybridized carbons (Fsp3) is 0.238. The van der Waals surface area contributed by atoms with Crippen LogP contribution in [0.15, 0.2) is 47.4 Å². The quantitative estimate of drug-likeness (QED) is 0.399. The highest BCUT2D eigenvalue weighted by Gasteiger charge is 2.30. The number of anilines is 1. The summed E-state index contributed by atoms with van der Waals surface area (Å²) in [5, 5.41) is 3.07. The third-order valence-electron chi connectivity index (χ3n) is 4.78. The van der Waals surface area contributed by atoms with Crippen LogP contribution in [0.4, 0.5) is 19.0 Å². The average molecular weight is 463 g/mol. The number of nitrogens with one attached hydrogen (secondary N) is 2. The maximum atomic E-state index is 12.8. The number of halogens is 4. The summed E-state index contributed by atoms with van der Waals surface area (Å²) >= 11 is 6.10. The summed E-state index contributed by atoms with van der Waals surface area (Å²) < 4.78 is 39.9. The van der Waals surface area contributed by atoms with Crippen molar-refractivity contribution in [2.75, 3.05) is 5.32 Å². The van der Waals surface area contributed by atoms with Crippen LogP contribution in [0, 0.1) is 0 Å². The predicted molar refractivity (Wildman–Crippen MR) is 115 cm³/mol. The molecular weight excluding hydrogens is 445 g/mol. The van der Waals surface area contributed by atoms with Crippen molar-refractivity contribution in [3.05, 3.63) is 69.4 Å². The molecule has 3 aromatic heterocycles. The van der Waals surface area contributed by atoms with Crippen LogP contribution in [0.3, 0.4) is 0 Å². The molecule has 0 spiro atoms. The van der Waals surface area contributed by atoms with E-state index in [1.807, 2.05) is 6.92 Å². The van der Waals surface area contributed by atoms with Gasteiger partial charge in [0.15, 0.2) is 11.2 Å². The molecule has 3 heterocycles. The van der Waals surface area contributed by atoms with Gasteiger partial charge >= 0.3 is 6.18 Å². The van der Waals surface area contributed by atoms with Gasteiger partial charge in [0, 0.05) is 24.8 Å². The lowest BCUT2D eigenvalue weighted by Gasteiger charge is -2.10. The molecular formula is C21H18ClF3N6O. The number of aromatic nitrogens is 5. The second kappa shape index (κ2) is 8.62. The molecule has 0 amide bonds. The van der Waals surface area contributed by atoms with E-state index in [1.165, 1.54) is 10.6 Å². The molecule has 0 atom stereocenters. The number of benzene rings is 1. The van der Waals surface area contributed by atoms with Crippen molar-refractivity contribution in [3.8, 4) is 11.4 Å².